The first-order valence-corrected chi connectivity index (χ1v) is 5.98. The zero-order valence-electron chi connectivity index (χ0n) is 11.2. The lowest BCUT2D eigenvalue weighted by atomic mass is 9.82. The van der Waals surface area contributed by atoms with Crippen LogP contribution in [0.25, 0.3) is 0 Å². The van der Waals surface area contributed by atoms with E-state index in [1.807, 2.05) is 27.7 Å². The predicted molar refractivity (Wildman–Crippen MR) is 63.8 cm³/mol. The maximum atomic E-state index is 11.7. The highest BCUT2D eigenvalue weighted by Crippen LogP contribution is 2.31. The molecule has 0 unspecified atom stereocenters. The number of ether oxygens (including phenoxy) is 2. The number of aliphatic hydroxyl groups excluding tert-OH is 1. The summed E-state index contributed by atoms with van der Waals surface area (Å²) in [6, 6.07) is 0. The summed E-state index contributed by atoms with van der Waals surface area (Å²) >= 11 is 0. The fraction of sp³-hybridized carbons (Fsp3) is 0.917. The van der Waals surface area contributed by atoms with Crippen LogP contribution in [0.4, 0.5) is 4.79 Å². The Kier molecular flexibility index (Phi) is 4.38. The number of carbonyl (C=O) groups excluding carboxylic acids is 1. The van der Waals surface area contributed by atoms with Gasteiger partial charge >= 0.3 is 6.09 Å². The minimum Gasteiger partial charge on any atom is -0.444 e. The SMILES string of the molecule is CCOCC1(CO)CN(C(=O)OC(C)(C)C)C1. The maximum Gasteiger partial charge on any atom is 0.410 e. The third kappa shape index (κ3) is 3.85. The van der Waals surface area contributed by atoms with Gasteiger partial charge in [-0.3, -0.25) is 0 Å². The molecule has 0 aliphatic carbocycles. The molecule has 1 rings (SSSR count). The Labute approximate surface area is 103 Å². The number of nitrogens with zero attached hydrogens (tertiary/aromatic N) is 1. The summed E-state index contributed by atoms with van der Waals surface area (Å²) in [5, 5.41) is 9.34. The van der Waals surface area contributed by atoms with Gasteiger partial charge in [-0.2, -0.15) is 0 Å². The second-order valence-electron chi connectivity index (χ2n) is 5.63. The monoisotopic (exact) mass is 245 g/mol. The molecule has 1 amide bonds. The van der Waals surface area contributed by atoms with Gasteiger partial charge in [0.2, 0.25) is 0 Å². The number of likely N-dealkylation sites (tertiary alicyclic amines) is 1. The molecule has 5 nitrogen and oxygen atoms in total. The third-order valence-corrected chi connectivity index (χ3v) is 2.65. The number of amides is 1. The predicted octanol–water partition coefficient (Wildman–Crippen LogP) is 1.25. The van der Waals surface area contributed by atoms with E-state index in [0.717, 1.165) is 0 Å². The molecular formula is C12H23NO4. The number of rotatable bonds is 4. The summed E-state index contributed by atoms with van der Waals surface area (Å²) in [5.41, 5.74) is -0.776. The molecule has 0 aromatic heterocycles. The second kappa shape index (κ2) is 5.23. The summed E-state index contributed by atoms with van der Waals surface area (Å²) in [7, 11) is 0. The van der Waals surface area contributed by atoms with E-state index in [-0.39, 0.29) is 18.1 Å². The first kappa shape index (κ1) is 14.3. The fourth-order valence-corrected chi connectivity index (χ4v) is 1.77. The van der Waals surface area contributed by atoms with Crippen molar-refractivity contribution >= 4 is 6.09 Å². The third-order valence-electron chi connectivity index (χ3n) is 2.65. The molecule has 0 radical (unpaired) electrons. The van der Waals surface area contributed by atoms with E-state index in [1.54, 1.807) is 4.90 Å². The Hall–Kier alpha value is -0.810. The van der Waals surface area contributed by atoms with Crippen LogP contribution in [0, 0.1) is 5.41 Å². The zero-order valence-corrected chi connectivity index (χ0v) is 11.2. The van der Waals surface area contributed by atoms with Gasteiger partial charge in [-0.25, -0.2) is 4.79 Å². The maximum absolute atomic E-state index is 11.7. The smallest absolute Gasteiger partial charge is 0.410 e. The van der Waals surface area contributed by atoms with Crippen LogP contribution >= 0.6 is 0 Å². The van der Waals surface area contributed by atoms with Gasteiger partial charge in [0.1, 0.15) is 5.60 Å². The summed E-state index contributed by atoms with van der Waals surface area (Å²) in [6.07, 6.45) is -0.321. The molecule has 0 saturated carbocycles. The Morgan fingerprint density at radius 3 is 2.41 bits per heavy atom. The molecule has 0 aromatic rings. The van der Waals surface area contributed by atoms with Gasteiger partial charge in [-0.1, -0.05) is 0 Å². The summed E-state index contributed by atoms with van der Waals surface area (Å²) in [5.74, 6) is 0. The lowest BCUT2D eigenvalue weighted by Gasteiger charge is -2.48. The number of carbonyl (C=O) groups is 1. The van der Waals surface area contributed by atoms with Crippen LogP contribution in [0.1, 0.15) is 27.7 Å². The average Bonchev–Trinajstić information content (AvgIpc) is 2.14. The Morgan fingerprint density at radius 1 is 1.41 bits per heavy atom. The van der Waals surface area contributed by atoms with E-state index in [9.17, 15) is 9.90 Å². The van der Waals surface area contributed by atoms with Crippen molar-refractivity contribution in [2.75, 3.05) is 32.9 Å². The van der Waals surface area contributed by atoms with E-state index in [0.29, 0.717) is 26.3 Å². The van der Waals surface area contributed by atoms with Crippen molar-refractivity contribution in [2.24, 2.45) is 5.41 Å². The van der Waals surface area contributed by atoms with E-state index in [1.165, 1.54) is 0 Å². The van der Waals surface area contributed by atoms with Crippen LogP contribution in [0.15, 0.2) is 0 Å². The molecule has 1 fully saturated rings. The molecule has 5 heteroatoms. The van der Waals surface area contributed by atoms with Crippen molar-refractivity contribution in [1.82, 2.24) is 4.90 Å². The quantitative estimate of drug-likeness (QED) is 0.810. The molecule has 1 aliphatic heterocycles. The van der Waals surface area contributed by atoms with Crippen LogP contribution in [-0.2, 0) is 9.47 Å². The van der Waals surface area contributed by atoms with Gasteiger partial charge in [0.05, 0.1) is 18.6 Å². The van der Waals surface area contributed by atoms with Crippen LogP contribution in [0.2, 0.25) is 0 Å². The standard InChI is InChI=1S/C12H23NO4/c1-5-16-9-12(8-14)6-13(7-12)10(15)17-11(2,3)4/h14H,5-9H2,1-4H3. The largest absolute Gasteiger partial charge is 0.444 e. The van der Waals surface area contributed by atoms with Gasteiger partial charge < -0.3 is 19.5 Å². The van der Waals surface area contributed by atoms with Crippen molar-refractivity contribution in [3.05, 3.63) is 0 Å². The van der Waals surface area contributed by atoms with E-state index in [4.69, 9.17) is 9.47 Å². The number of aliphatic hydroxyl groups is 1. The van der Waals surface area contributed by atoms with Crippen molar-refractivity contribution in [2.45, 2.75) is 33.3 Å². The molecule has 0 atom stereocenters. The Bertz CT molecular complexity index is 266. The van der Waals surface area contributed by atoms with Crippen molar-refractivity contribution in [1.29, 1.82) is 0 Å². The van der Waals surface area contributed by atoms with Crippen molar-refractivity contribution in [3.8, 4) is 0 Å². The van der Waals surface area contributed by atoms with Crippen LogP contribution < -0.4 is 0 Å². The van der Waals surface area contributed by atoms with Gasteiger partial charge in [0.15, 0.2) is 0 Å². The van der Waals surface area contributed by atoms with Crippen molar-refractivity contribution < 1.29 is 19.4 Å². The van der Waals surface area contributed by atoms with E-state index < -0.39 is 5.60 Å². The van der Waals surface area contributed by atoms with E-state index in [2.05, 4.69) is 0 Å². The summed E-state index contributed by atoms with van der Waals surface area (Å²) in [6.45, 7) is 9.56. The van der Waals surface area contributed by atoms with Crippen LogP contribution in [0.3, 0.4) is 0 Å². The first-order valence-electron chi connectivity index (χ1n) is 5.98. The highest BCUT2D eigenvalue weighted by atomic mass is 16.6. The lowest BCUT2D eigenvalue weighted by Crippen LogP contribution is -2.62. The van der Waals surface area contributed by atoms with Gasteiger partial charge in [-0.15, -0.1) is 0 Å². The molecule has 1 saturated heterocycles. The van der Waals surface area contributed by atoms with Gasteiger partial charge in [0.25, 0.3) is 0 Å². The highest BCUT2D eigenvalue weighted by Gasteiger charge is 2.46. The molecule has 100 valence electrons. The van der Waals surface area contributed by atoms with Gasteiger partial charge in [-0.05, 0) is 27.7 Å². The molecule has 1 aliphatic rings. The molecule has 1 N–H and O–H groups in total. The first-order chi connectivity index (χ1) is 7.82. The highest BCUT2D eigenvalue weighted by molar-refractivity contribution is 5.69. The number of hydrogen-bond donors (Lipinski definition) is 1. The van der Waals surface area contributed by atoms with E-state index >= 15 is 0 Å². The van der Waals surface area contributed by atoms with Crippen molar-refractivity contribution in [3.63, 3.8) is 0 Å². The van der Waals surface area contributed by atoms with Crippen LogP contribution in [0.5, 0.6) is 0 Å². The summed E-state index contributed by atoms with van der Waals surface area (Å²) < 4.78 is 10.6. The fourth-order valence-electron chi connectivity index (χ4n) is 1.77. The molecule has 1 heterocycles. The van der Waals surface area contributed by atoms with Gasteiger partial charge in [0, 0.05) is 19.7 Å². The summed E-state index contributed by atoms with van der Waals surface area (Å²) in [4.78, 5) is 13.3. The zero-order chi connectivity index (χ0) is 13.1. The Morgan fingerprint density at radius 2 is 2.00 bits per heavy atom. The topological polar surface area (TPSA) is 59.0 Å². The molecular weight excluding hydrogens is 222 g/mol. The number of hydrogen-bond acceptors (Lipinski definition) is 4. The normalized spacial score (nSPS) is 18.8. The van der Waals surface area contributed by atoms with Crippen LogP contribution in [-0.4, -0.2) is 54.6 Å². The molecule has 0 spiro atoms. The molecule has 0 aromatic carbocycles. The molecule has 17 heavy (non-hydrogen) atoms. The molecule has 0 bridgehead atoms. The minimum absolute atomic E-state index is 0.0340. The second-order valence-corrected chi connectivity index (χ2v) is 5.63. The Balaban J connectivity index is 2.40. The lowest BCUT2D eigenvalue weighted by molar-refractivity contribution is -0.0929. The minimum atomic E-state index is -0.478. The average molecular weight is 245 g/mol.